The first kappa shape index (κ1) is 21.4. The van der Waals surface area contributed by atoms with Crippen molar-refractivity contribution in [2.45, 2.75) is 33.2 Å². The van der Waals surface area contributed by atoms with Gasteiger partial charge in [0, 0.05) is 11.3 Å². The van der Waals surface area contributed by atoms with Crippen molar-refractivity contribution in [3.05, 3.63) is 100 Å². The van der Waals surface area contributed by atoms with Crippen LogP contribution >= 0.6 is 0 Å². The first-order chi connectivity index (χ1) is 15.3. The van der Waals surface area contributed by atoms with Crippen molar-refractivity contribution < 1.29 is 19.8 Å². The van der Waals surface area contributed by atoms with Gasteiger partial charge in [0.15, 0.2) is 0 Å². The second kappa shape index (κ2) is 8.35. The summed E-state index contributed by atoms with van der Waals surface area (Å²) in [7, 11) is 0. The summed E-state index contributed by atoms with van der Waals surface area (Å²) in [6, 6.07) is 18.4. The predicted molar refractivity (Wildman–Crippen MR) is 125 cm³/mol. The molecule has 0 spiro atoms. The Balaban J connectivity index is 1.94. The van der Waals surface area contributed by atoms with E-state index in [0.717, 1.165) is 23.1 Å². The van der Waals surface area contributed by atoms with Gasteiger partial charge in [-0.05, 0) is 66.8 Å². The molecule has 3 aromatic carbocycles. The molecule has 0 saturated carbocycles. The molecule has 1 saturated heterocycles. The van der Waals surface area contributed by atoms with Crippen LogP contribution in [0.4, 0.5) is 5.69 Å². The SMILES string of the molecule is CCc1ccc(/C(O)=C2\C(=O)C(=O)N(c3ccc(C)c(C)c3)C2c2cccc(O)c2)cc1. The fraction of sp³-hybridized carbons (Fsp3) is 0.185. The summed E-state index contributed by atoms with van der Waals surface area (Å²) in [4.78, 5) is 27.8. The number of rotatable bonds is 4. The monoisotopic (exact) mass is 427 g/mol. The predicted octanol–water partition coefficient (Wildman–Crippen LogP) is 5.20. The molecular weight excluding hydrogens is 402 g/mol. The minimum absolute atomic E-state index is 0.00285. The number of nitrogens with zero attached hydrogens (tertiary/aromatic N) is 1. The zero-order valence-corrected chi connectivity index (χ0v) is 18.3. The van der Waals surface area contributed by atoms with Gasteiger partial charge in [0.25, 0.3) is 11.7 Å². The summed E-state index contributed by atoms with van der Waals surface area (Å²) in [5, 5.41) is 21.2. The molecule has 3 aromatic rings. The van der Waals surface area contributed by atoms with Gasteiger partial charge in [-0.2, -0.15) is 0 Å². The number of aliphatic hydroxyl groups excluding tert-OH is 1. The van der Waals surface area contributed by atoms with Crippen molar-refractivity contribution in [1.29, 1.82) is 0 Å². The minimum atomic E-state index is -0.866. The van der Waals surface area contributed by atoms with Crippen molar-refractivity contribution in [3.63, 3.8) is 0 Å². The summed E-state index contributed by atoms with van der Waals surface area (Å²) in [6.07, 6.45) is 0.849. The highest BCUT2D eigenvalue weighted by Crippen LogP contribution is 2.43. The molecule has 1 aliphatic heterocycles. The van der Waals surface area contributed by atoms with E-state index in [9.17, 15) is 19.8 Å². The molecule has 0 aromatic heterocycles. The number of Topliss-reactive ketones (excluding diaryl/α,β-unsaturated/α-hetero) is 1. The topological polar surface area (TPSA) is 77.8 Å². The molecule has 162 valence electrons. The Morgan fingerprint density at radius 2 is 1.66 bits per heavy atom. The van der Waals surface area contributed by atoms with Crippen molar-refractivity contribution in [2.75, 3.05) is 4.90 Å². The van der Waals surface area contributed by atoms with E-state index in [-0.39, 0.29) is 17.1 Å². The van der Waals surface area contributed by atoms with Crippen LogP contribution in [0.5, 0.6) is 5.75 Å². The van der Waals surface area contributed by atoms with E-state index in [2.05, 4.69) is 0 Å². The Hall–Kier alpha value is -3.86. The lowest BCUT2D eigenvalue weighted by Crippen LogP contribution is -2.29. The number of phenolic OH excluding ortho intramolecular Hbond substituents is 1. The van der Waals surface area contributed by atoms with Crippen LogP contribution in [0, 0.1) is 13.8 Å². The Morgan fingerprint density at radius 1 is 0.938 bits per heavy atom. The number of anilines is 1. The average molecular weight is 428 g/mol. The third kappa shape index (κ3) is 3.66. The highest BCUT2D eigenvalue weighted by atomic mass is 16.3. The Bertz CT molecular complexity index is 1240. The lowest BCUT2D eigenvalue weighted by molar-refractivity contribution is -0.132. The number of amides is 1. The van der Waals surface area contributed by atoms with E-state index in [0.29, 0.717) is 16.8 Å². The molecule has 4 rings (SSSR count). The first-order valence-corrected chi connectivity index (χ1v) is 10.6. The van der Waals surface area contributed by atoms with Crippen molar-refractivity contribution in [1.82, 2.24) is 0 Å². The van der Waals surface area contributed by atoms with Crippen LogP contribution in [0.25, 0.3) is 5.76 Å². The molecule has 0 aliphatic carbocycles. The molecular formula is C27H25NO4. The normalized spacial score (nSPS) is 17.7. The Labute approximate surface area is 187 Å². The minimum Gasteiger partial charge on any atom is -0.508 e. The molecule has 1 amide bonds. The van der Waals surface area contributed by atoms with E-state index in [4.69, 9.17) is 0 Å². The van der Waals surface area contributed by atoms with Crippen molar-refractivity contribution in [3.8, 4) is 5.75 Å². The van der Waals surface area contributed by atoms with Crippen LogP contribution in [0.1, 0.15) is 40.8 Å². The number of hydrogen-bond acceptors (Lipinski definition) is 4. The van der Waals surface area contributed by atoms with Crippen LogP contribution in [0.15, 0.2) is 72.3 Å². The molecule has 1 atom stereocenters. The second-order valence-corrected chi connectivity index (χ2v) is 8.08. The van der Waals surface area contributed by atoms with Gasteiger partial charge < -0.3 is 10.2 Å². The third-order valence-electron chi connectivity index (χ3n) is 6.03. The van der Waals surface area contributed by atoms with Gasteiger partial charge in [-0.3, -0.25) is 14.5 Å². The van der Waals surface area contributed by atoms with E-state index in [1.165, 1.54) is 17.0 Å². The Kier molecular flexibility index (Phi) is 5.57. The smallest absolute Gasteiger partial charge is 0.300 e. The summed E-state index contributed by atoms with van der Waals surface area (Å²) < 4.78 is 0. The molecule has 0 bridgehead atoms. The number of carbonyl (C=O) groups is 2. The number of ketones is 1. The van der Waals surface area contributed by atoms with Crippen LogP contribution in [-0.2, 0) is 16.0 Å². The number of aromatic hydroxyl groups is 1. The van der Waals surface area contributed by atoms with Crippen LogP contribution in [0.2, 0.25) is 0 Å². The maximum atomic E-state index is 13.2. The second-order valence-electron chi connectivity index (χ2n) is 8.08. The molecule has 1 unspecified atom stereocenters. The molecule has 2 N–H and O–H groups in total. The molecule has 32 heavy (non-hydrogen) atoms. The molecule has 0 radical (unpaired) electrons. The number of aryl methyl sites for hydroxylation is 3. The molecule has 5 heteroatoms. The fourth-order valence-corrected chi connectivity index (χ4v) is 4.04. The largest absolute Gasteiger partial charge is 0.508 e. The van der Waals surface area contributed by atoms with Crippen molar-refractivity contribution in [2.24, 2.45) is 0 Å². The summed E-state index contributed by atoms with van der Waals surface area (Å²) in [5.41, 5.74) is 4.71. The molecule has 5 nitrogen and oxygen atoms in total. The van der Waals surface area contributed by atoms with Crippen LogP contribution in [-0.4, -0.2) is 21.9 Å². The fourth-order valence-electron chi connectivity index (χ4n) is 4.04. The number of benzene rings is 3. The van der Waals surface area contributed by atoms with Gasteiger partial charge in [0.05, 0.1) is 11.6 Å². The van der Waals surface area contributed by atoms with E-state index >= 15 is 0 Å². The van der Waals surface area contributed by atoms with Gasteiger partial charge in [0.1, 0.15) is 11.5 Å². The number of phenols is 1. The van der Waals surface area contributed by atoms with Crippen molar-refractivity contribution >= 4 is 23.1 Å². The first-order valence-electron chi connectivity index (χ1n) is 10.6. The van der Waals surface area contributed by atoms with E-state index in [1.54, 1.807) is 30.3 Å². The van der Waals surface area contributed by atoms with Crippen LogP contribution in [0.3, 0.4) is 0 Å². The summed E-state index contributed by atoms with van der Waals surface area (Å²) in [6.45, 7) is 5.94. The number of aliphatic hydroxyl groups is 1. The van der Waals surface area contributed by atoms with Crippen LogP contribution < -0.4 is 4.90 Å². The van der Waals surface area contributed by atoms with Gasteiger partial charge in [-0.25, -0.2) is 0 Å². The van der Waals surface area contributed by atoms with Gasteiger partial charge in [-0.1, -0.05) is 49.4 Å². The highest BCUT2D eigenvalue weighted by molar-refractivity contribution is 6.51. The summed E-state index contributed by atoms with van der Waals surface area (Å²) in [5.74, 6) is -1.69. The molecule has 1 fully saturated rings. The maximum absolute atomic E-state index is 13.2. The number of hydrogen-bond donors (Lipinski definition) is 2. The standard InChI is InChI=1S/C27H25NO4/c1-4-18-9-11-19(12-10-18)25(30)23-24(20-6-5-7-22(29)15-20)28(27(32)26(23)31)21-13-8-16(2)17(3)14-21/h5-15,24,29-30H,4H2,1-3H3/b25-23+. The quantitative estimate of drug-likeness (QED) is 0.341. The lowest BCUT2D eigenvalue weighted by Gasteiger charge is -2.26. The highest BCUT2D eigenvalue weighted by Gasteiger charge is 2.47. The average Bonchev–Trinajstić information content (AvgIpc) is 3.06. The Morgan fingerprint density at radius 3 is 2.28 bits per heavy atom. The van der Waals surface area contributed by atoms with E-state index < -0.39 is 17.7 Å². The lowest BCUT2D eigenvalue weighted by atomic mass is 9.94. The maximum Gasteiger partial charge on any atom is 0.300 e. The third-order valence-corrected chi connectivity index (χ3v) is 6.03. The molecule has 1 aliphatic rings. The van der Waals surface area contributed by atoms with Gasteiger partial charge in [-0.15, -0.1) is 0 Å². The number of carbonyl (C=O) groups excluding carboxylic acids is 2. The van der Waals surface area contributed by atoms with E-state index in [1.807, 2.05) is 45.0 Å². The van der Waals surface area contributed by atoms with Gasteiger partial charge in [0.2, 0.25) is 0 Å². The van der Waals surface area contributed by atoms with Gasteiger partial charge >= 0.3 is 0 Å². The zero-order valence-electron chi connectivity index (χ0n) is 18.3. The molecule has 1 heterocycles. The summed E-state index contributed by atoms with van der Waals surface area (Å²) >= 11 is 0. The zero-order chi connectivity index (χ0) is 23.0.